The molecule has 2 rings (SSSR count). The van der Waals surface area contributed by atoms with E-state index in [1.165, 1.54) is 51.6 Å². The summed E-state index contributed by atoms with van der Waals surface area (Å²) in [5, 5.41) is 0. The minimum atomic E-state index is 0.504. The Balaban J connectivity index is 2.01. The molecule has 2 unspecified atom stereocenters. The SMILES string of the molecule is CC(C)(C)C1CCCCC2CCCN2C1. The lowest BCUT2D eigenvalue weighted by molar-refractivity contribution is 0.111. The highest BCUT2D eigenvalue weighted by Gasteiger charge is 2.32. The van der Waals surface area contributed by atoms with Gasteiger partial charge in [-0.05, 0) is 43.6 Å². The Morgan fingerprint density at radius 2 is 1.60 bits per heavy atom. The van der Waals surface area contributed by atoms with Crippen LogP contribution in [0.2, 0.25) is 0 Å². The van der Waals surface area contributed by atoms with Crippen molar-refractivity contribution >= 4 is 0 Å². The van der Waals surface area contributed by atoms with Crippen molar-refractivity contribution in [2.45, 2.75) is 65.3 Å². The third kappa shape index (κ3) is 2.75. The van der Waals surface area contributed by atoms with E-state index in [2.05, 4.69) is 25.7 Å². The Kier molecular flexibility index (Phi) is 3.39. The third-order valence-corrected chi connectivity index (χ3v) is 4.52. The Labute approximate surface area is 95.2 Å². The van der Waals surface area contributed by atoms with Gasteiger partial charge in [0.15, 0.2) is 0 Å². The van der Waals surface area contributed by atoms with Gasteiger partial charge in [-0.15, -0.1) is 0 Å². The molecule has 1 heteroatoms. The average Bonchev–Trinajstić information content (AvgIpc) is 2.48. The molecule has 0 N–H and O–H groups in total. The Morgan fingerprint density at radius 1 is 0.933 bits per heavy atom. The van der Waals surface area contributed by atoms with E-state index in [-0.39, 0.29) is 0 Å². The van der Waals surface area contributed by atoms with Gasteiger partial charge in [-0.2, -0.15) is 0 Å². The quantitative estimate of drug-likeness (QED) is 0.588. The number of rotatable bonds is 0. The van der Waals surface area contributed by atoms with Crippen molar-refractivity contribution < 1.29 is 0 Å². The largest absolute Gasteiger partial charge is 0.300 e. The normalized spacial score (nSPS) is 34.6. The maximum Gasteiger partial charge on any atom is 0.00958 e. The fourth-order valence-corrected chi connectivity index (χ4v) is 3.31. The zero-order valence-corrected chi connectivity index (χ0v) is 10.8. The molecule has 0 aromatic rings. The molecule has 2 fully saturated rings. The summed E-state index contributed by atoms with van der Waals surface area (Å²) in [7, 11) is 0. The van der Waals surface area contributed by atoms with E-state index in [9.17, 15) is 0 Å². The van der Waals surface area contributed by atoms with E-state index >= 15 is 0 Å². The van der Waals surface area contributed by atoms with Crippen LogP contribution in [0.15, 0.2) is 0 Å². The lowest BCUT2D eigenvalue weighted by atomic mass is 9.76. The van der Waals surface area contributed by atoms with Crippen LogP contribution < -0.4 is 0 Å². The summed E-state index contributed by atoms with van der Waals surface area (Å²) < 4.78 is 0. The fraction of sp³-hybridized carbons (Fsp3) is 1.00. The minimum absolute atomic E-state index is 0.504. The molecular formula is C14H27N. The summed E-state index contributed by atoms with van der Waals surface area (Å²) in [5.74, 6) is 0.915. The van der Waals surface area contributed by atoms with Crippen LogP contribution in [0.3, 0.4) is 0 Å². The fourth-order valence-electron chi connectivity index (χ4n) is 3.31. The first-order chi connectivity index (χ1) is 7.07. The van der Waals surface area contributed by atoms with Crippen molar-refractivity contribution in [2.75, 3.05) is 13.1 Å². The summed E-state index contributed by atoms with van der Waals surface area (Å²) in [6.07, 6.45) is 8.77. The molecule has 0 radical (unpaired) electrons. The maximum absolute atomic E-state index is 2.79. The van der Waals surface area contributed by atoms with Crippen molar-refractivity contribution in [2.24, 2.45) is 11.3 Å². The minimum Gasteiger partial charge on any atom is -0.300 e. The van der Waals surface area contributed by atoms with Crippen LogP contribution in [0.25, 0.3) is 0 Å². The molecule has 0 bridgehead atoms. The molecule has 2 heterocycles. The van der Waals surface area contributed by atoms with E-state index in [1.54, 1.807) is 0 Å². The van der Waals surface area contributed by atoms with Gasteiger partial charge in [0.1, 0.15) is 0 Å². The zero-order chi connectivity index (χ0) is 10.9. The van der Waals surface area contributed by atoms with Crippen molar-refractivity contribution in [3.05, 3.63) is 0 Å². The number of hydrogen-bond acceptors (Lipinski definition) is 1. The molecule has 88 valence electrons. The third-order valence-electron chi connectivity index (χ3n) is 4.52. The first kappa shape index (κ1) is 11.4. The van der Waals surface area contributed by atoms with Crippen LogP contribution in [0.4, 0.5) is 0 Å². The summed E-state index contributed by atoms with van der Waals surface area (Å²) in [6, 6.07) is 0.940. The van der Waals surface area contributed by atoms with Gasteiger partial charge in [0.2, 0.25) is 0 Å². The van der Waals surface area contributed by atoms with Crippen LogP contribution in [0, 0.1) is 11.3 Å². The summed E-state index contributed by atoms with van der Waals surface area (Å²) in [6.45, 7) is 10.0. The molecule has 15 heavy (non-hydrogen) atoms. The van der Waals surface area contributed by atoms with Crippen LogP contribution in [0.1, 0.15) is 59.3 Å². The highest BCUT2D eigenvalue weighted by Crippen LogP contribution is 2.35. The molecule has 1 nitrogen and oxygen atoms in total. The summed E-state index contributed by atoms with van der Waals surface area (Å²) >= 11 is 0. The lowest BCUT2D eigenvalue weighted by Gasteiger charge is -2.38. The van der Waals surface area contributed by atoms with Gasteiger partial charge in [-0.3, -0.25) is 0 Å². The van der Waals surface area contributed by atoms with Crippen molar-refractivity contribution in [3.63, 3.8) is 0 Å². The molecule has 0 amide bonds. The molecule has 0 aliphatic carbocycles. The average molecular weight is 209 g/mol. The lowest BCUT2D eigenvalue weighted by Crippen LogP contribution is -2.39. The number of fused-ring (bicyclic) bond motifs is 1. The predicted molar refractivity (Wildman–Crippen MR) is 66.0 cm³/mol. The van der Waals surface area contributed by atoms with Gasteiger partial charge >= 0.3 is 0 Å². The standard InChI is InChI=1S/C14H27N/c1-14(2,3)12-7-4-5-8-13-9-6-10-15(13)11-12/h12-13H,4-11H2,1-3H3. The molecule has 0 aromatic heterocycles. The zero-order valence-electron chi connectivity index (χ0n) is 10.8. The van der Waals surface area contributed by atoms with Crippen LogP contribution >= 0.6 is 0 Å². The molecule has 2 saturated heterocycles. The predicted octanol–water partition coefficient (Wildman–Crippen LogP) is 3.69. The summed E-state index contributed by atoms with van der Waals surface area (Å²) in [4.78, 5) is 2.79. The highest BCUT2D eigenvalue weighted by molar-refractivity contribution is 4.86. The second-order valence-corrected chi connectivity index (χ2v) is 6.64. The van der Waals surface area contributed by atoms with Gasteiger partial charge in [-0.1, -0.05) is 33.6 Å². The second-order valence-electron chi connectivity index (χ2n) is 6.64. The van der Waals surface area contributed by atoms with Gasteiger partial charge in [0, 0.05) is 12.6 Å². The Bertz CT molecular complexity index is 204. The topological polar surface area (TPSA) is 3.24 Å². The molecule has 2 aliphatic heterocycles. The van der Waals surface area contributed by atoms with E-state index in [0.29, 0.717) is 5.41 Å². The van der Waals surface area contributed by atoms with E-state index in [4.69, 9.17) is 0 Å². The summed E-state index contributed by atoms with van der Waals surface area (Å²) in [5.41, 5.74) is 0.504. The smallest absolute Gasteiger partial charge is 0.00958 e. The first-order valence-corrected chi connectivity index (χ1v) is 6.81. The van der Waals surface area contributed by atoms with Gasteiger partial charge in [0.25, 0.3) is 0 Å². The van der Waals surface area contributed by atoms with Gasteiger partial charge in [0.05, 0.1) is 0 Å². The monoisotopic (exact) mass is 209 g/mol. The van der Waals surface area contributed by atoms with E-state index < -0.39 is 0 Å². The maximum atomic E-state index is 2.79. The first-order valence-electron chi connectivity index (χ1n) is 6.81. The number of nitrogens with zero attached hydrogens (tertiary/aromatic N) is 1. The van der Waals surface area contributed by atoms with Gasteiger partial charge in [-0.25, -0.2) is 0 Å². The Morgan fingerprint density at radius 3 is 2.33 bits per heavy atom. The van der Waals surface area contributed by atoms with Crippen molar-refractivity contribution in [1.29, 1.82) is 0 Å². The van der Waals surface area contributed by atoms with Crippen LogP contribution in [0.5, 0.6) is 0 Å². The van der Waals surface area contributed by atoms with E-state index in [1.807, 2.05) is 0 Å². The second kappa shape index (κ2) is 4.45. The molecule has 2 aliphatic rings. The van der Waals surface area contributed by atoms with Crippen molar-refractivity contribution in [1.82, 2.24) is 4.90 Å². The highest BCUT2D eigenvalue weighted by atomic mass is 15.2. The molecule has 0 aromatic carbocycles. The Hall–Kier alpha value is -0.0400. The van der Waals surface area contributed by atoms with Crippen LogP contribution in [-0.4, -0.2) is 24.0 Å². The molecule has 0 saturated carbocycles. The van der Waals surface area contributed by atoms with E-state index in [0.717, 1.165) is 12.0 Å². The number of hydrogen-bond donors (Lipinski definition) is 0. The molecule has 2 atom stereocenters. The van der Waals surface area contributed by atoms with Crippen molar-refractivity contribution in [3.8, 4) is 0 Å². The molecular weight excluding hydrogens is 182 g/mol. The molecule has 0 spiro atoms. The van der Waals surface area contributed by atoms with Crippen LogP contribution in [-0.2, 0) is 0 Å². The van der Waals surface area contributed by atoms with Gasteiger partial charge < -0.3 is 4.90 Å².